The number of halogens is 2. The van der Waals surface area contributed by atoms with Crippen molar-refractivity contribution in [2.24, 2.45) is 0 Å². The molecule has 5 nitrogen and oxygen atoms in total. The number of fused-ring (bicyclic) bond motifs is 1. The number of amides is 1. The summed E-state index contributed by atoms with van der Waals surface area (Å²) in [7, 11) is 1.47. The number of nitrogens with zero attached hydrogens (tertiary/aromatic N) is 1. The van der Waals surface area contributed by atoms with Crippen molar-refractivity contribution in [3.8, 4) is 16.9 Å². The zero-order valence-electron chi connectivity index (χ0n) is 15.9. The monoisotopic (exact) mass is 438 g/mol. The summed E-state index contributed by atoms with van der Waals surface area (Å²) in [6.07, 6.45) is 1.75. The van der Waals surface area contributed by atoms with Crippen LogP contribution in [0.5, 0.6) is 5.75 Å². The van der Waals surface area contributed by atoms with Crippen LogP contribution in [0.3, 0.4) is 0 Å². The van der Waals surface area contributed by atoms with Crippen molar-refractivity contribution in [1.82, 2.24) is 4.40 Å². The fourth-order valence-corrected chi connectivity index (χ4v) is 3.57. The number of pyridine rings is 1. The van der Waals surface area contributed by atoms with Gasteiger partial charge < -0.3 is 14.5 Å². The van der Waals surface area contributed by atoms with Crippen LogP contribution in [-0.2, 0) is 4.79 Å². The van der Waals surface area contributed by atoms with Gasteiger partial charge in [0.1, 0.15) is 11.4 Å². The first-order chi connectivity index (χ1) is 14.5. The van der Waals surface area contributed by atoms with E-state index in [-0.39, 0.29) is 5.69 Å². The molecule has 4 rings (SSSR count). The van der Waals surface area contributed by atoms with Crippen LogP contribution in [0.2, 0.25) is 10.0 Å². The lowest BCUT2D eigenvalue weighted by atomic mass is 10.0. The maximum Gasteiger partial charge on any atom is 0.298 e. The molecule has 0 radical (unpaired) electrons. The normalized spacial score (nSPS) is 10.8. The lowest BCUT2D eigenvalue weighted by molar-refractivity contribution is -0.112. The van der Waals surface area contributed by atoms with Gasteiger partial charge in [0.25, 0.3) is 11.7 Å². The molecule has 0 atom stereocenters. The molecule has 0 aliphatic rings. The zero-order chi connectivity index (χ0) is 21.3. The summed E-state index contributed by atoms with van der Waals surface area (Å²) in [4.78, 5) is 26.1. The first-order valence-corrected chi connectivity index (χ1v) is 9.79. The minimum absolute atomic E-state index is 0.256. The van der Waals surface area contributed by atoms with Crippen LogP contribution in [0.15, 0.2) is 72.9 Å². The number of anilines is 1. The van der Waals surface area contributed by atoms with Crippen molar-refractivity contribution in [3.05, 3.63) is 88.7 Å². The van der Waals surface area contributed by atoms with Crippen LogP contribution >= 0.6 is 23.2 Å². The second-order valence-corrected chi connectivity index (χ2v) is 7.41. The molecule has 2 heterocycles. The van der Waals surface area contributed by atoms with Crippen LogP contribution in [-0.4, -0.2) is 23.2 Å². The van der Waals surface area contributed by atoms with E-state index in [2.05, 4.69) is 5.32 Å². The van der Waals surface area contributed by atoms with E-state index in [1.807, 2.05) is 30.3 Å². The van der Waals surface area contributed by atoms with Gasteiger partial charge in [-0.15, -0.1) is 0 Å². The number of ketones is 1. The van der Waals surface area contributed by atoms with E-state index >= 15 is 0 Å². The number of hydrogen-bond acceptors (Lipinski definition) is 3. The first kappa shape index (κ1) is 20.0. The molecule has 0 spiro atoms. The third-order valence-electron chi connectivity index (χ3n) is 4.67. The summed E-state index contributed by atoms with van der Waals surface area (Å²) in [6, 6.07) is 19.3. The van der Waals surface area contributed by atoms with Crippen LogP contribution in [0, 0.1) is 0 Å². The van der Waals surface area contributed by atoms with Gasteiger partial charge in [-0.25, -0.2) is 0 Å². The van der Waals surface area contributed by atoms with Gasteiger partial charge in [0.2, 0.25) is 0 Å². The Bertz CT molecular complexity index is 1260. The zero-order valence-corrected chi connectivity index (χ0v) is 17.4. The molecule has 150 valence electrons. The Hall–Kier alpha value is -3.28. The van der Waals surface area contributed by atoms with E-state index in [0.29, 0.717) is 27.0 Å². The standard InChI is InChI=1S/C23H16Cl2N2O3/c1-30-20-10-9-16(25)12-19(20)26-23(29)22(28)21-18(14-5-7-15(24)8-6-14)13-17-4-2-3-11-27(17)21/h2-13H,1H3,(H,26,29). The Kier molecular flexibility index (Phi) is 5.48. The Labute approximate surface area is 182 Å². The molecule has 0 saturated carbocycles. The van der Waals surface area contributed by atoms with Gasteiger partial charge in [0, 0.05) is 27.3 Å². The lowest BCUT2D eigenvalue weighted by Gasteiger charge is -2.11. The number of methoxy groups -OCH3 is 1. The van der Waals surface area contributed by atoms with Crippen molar-refractivity contribution in [2.75, 3.05) is 12.4 Å². The van der Waals surface area contributed by atoms with Gasteiger partial charge in [-0.3, -0.25) is 9.59 Å². The summed E-state index contributed by atoms with van der Waals surface area (Å²) in [5, 5.41) is 3.61. The molecule has 0 bridgehead atoms. The fraction of sp³-hybridized carbons (Fsp3) is 0.0435. The van der Waals surface area contributed by atoms with E-state index in [1.165, 1.54) is 13.2 Å². The number of carbonyl (C=O) groups is 2. The summed E-state index contributed by atoms with van der Waals surface area (Å²) < 4.78 is 6.94. The maximum absolute atomic E-state index is 13.2. The average molecular weight is 439 g/mol. The van der Waals surface area contributed by atoms with Gasteiger partial charge in [-0.1, -0.05) is 41.4 Å². The van der Waals surface area contributed by atoms with Crippen molar-refractivity contribution in [2.45, 2.75) is 0 Å². The topological polar surface area (TPSA) is 59.8 Å². The molecule has 2 aromatic carbocycles. The SMILES string of the molecule is COc1ccc(Cl)cc1NC(=O)C(=O)c1c(-c2ccc(Cl)cc2)cc2ccccn12. The van der Waals surface area contributed by atoms with E-state index in [1.54, 1.807) is 40.9 Å². The number of carbonyl (C=O) groups excluding carboxylic acids is 2. The van der Waals surface area contributed by atoms with Crippen molar-refractivity contribution >= 4 is 46.1 Å². The fourth-order valence-electron chi connectivity index (χ4n) is 3.27. The van der Waals surface area contributed by atoms with Crippen LogP contribution in [0.4, 0.5) is 5.69 Å². The van der Waals surface area contributed by atoms with E-state index < -0.39 is 11.7 Å². The van der Waals surface area contributed by atoms with E-state index in [4.69, 9.17) is 27.9 Å². The van der Waals surface area contributed by atoms with Crippen LogP contribution in [0.1, 0.15) is 10.5 Å². The van der Waals surface area contributed by atoms with E-state index in [0.717, 1.165) is 11.1 Å². The Morgan fingerprint density at radius 3 is 2.40 bits per heavy atom. The summed E-state index contributed by atoms with van der Waals surface area (Å²) in [5.74, 6) is -1.08. The molecule has 0 aliphatic heterocycles. The van der Waals surface area contributed by atoms with Crippen molar-refractivity contribution in [1.29, 1.82) is 0 Å². The number of benzene rings is 2. The Morgan fingerprint density at radius 2 is 1.67 bits per heavy atom. The van der Waals surface area contributed by atoms with E-state index in [9.17, 15) is 9.59 Å². The maximum atomic E-state index is 13.2. The highest BCUT2D eigenvalue weighted by molar-refractivity contribution is 6.47. The van der Waals surface area contributed by atoms with Gasteiger partial charge in [-0.05, 0) is 54.1 Å². The van der Waals surface area contributed by atoms with Crippen LogP contribution in [0.25, 0.3) is 16.6 Å². The Morgan fingerprint density at radius 1 is 0.933 bits per heavy atom. The molecule has 2 aromatic heterocycles. The summed E-state index contributed by atoms with van der Waals surface area (Å²) >= 11 is 12.0. The van der Waals surface area contributed by atoms with Crippen molar-refractivity contribution < 1.29 is 14.3 Å². The molecule has 0 unspecified atom stereocenters. The van der Waals surface area contributed by atoms with Gasteiger partial charge in [0.05, 0.1) is 12.8 Å². The minimum Gasteiger partial charge on any atom is -0.495 e. The molecule has 1 N–H and O–H groups in total. The quantitative estimate of drug-likeness (QED) is 0.319. The van der Waals surface area contributed by atoms with Crippen LogP contribution < -0.4 is 10.1 Å². The summed E-state index contributed by atoms with van der Waals surface area (Å²) in [5.41, 5.74) is 2.78. The molecule has 0 aliphatic carbocycles. The Balaban J connectivity index is 1.77. The third-order valence-corrected chi connectivity index (χ3v) is 5.15. The number of ether oxygens (including phenoxy) is 1. The smallest absolute Gasteiger partial charge is 0.298 e. The lowest BCUT2D eigenvalue weighted by Crippen LogP contribution is -2.25. The number of Topliss-reactive ketones (excluding diaryl/α,β-unsaturated/α-hetero) is 1. The summed E-state index contributed by atoms with van der Waals surface area (Å²) in [6.45, 7) is 0. The number of aromatic nitrogens is 1. The minimum atomic E-state index is -0.797. The molecule has 4 aromatic rings. The highest BCUT2D eigenvalue weighted by Crippen LogP contribution is 2.31. The second kappa shape index (κ2) is 8.22. The molecule has 0 fully saturated rings. The molecule has 0 saturated heterocycles. The predicted octanol–water partition coefficient (Wildman–Crippen LogP) is 5.74. The second-order valence-electron chi connectivity index (χ2n) is 6.54. The molecular formula is C23H16Cl2N2O3. The number of nitrogens with one attached hydrogen (secondary N) is 1. The van der Waals surface area contributed by atoms with Gasteiger partial charge >= 0.3 is 0 Å². The highest BCUT2D eigenvalue weighted by atomic mass is 35.5. The molecule has 1 amide bonds. The number of hydrogen-bond donors (Lipinski definition) is 1. The number of rotatable bonds is 5. The predicted molar refractivity (Wildman–Crippen MR) is 119 cm³/mol. The molecular weight excluding hydrogens is 423 g/mol. The average Bonchev–Trinajstić information content (AvgIpc) is 3.13. The molecule has 30 heavy (non-hydrogen) atoms. The molecule has 7 heteroatoms. The van der Waals surface area contributed by atoms with Gasteiger partial charge in [0.15, 0.2) is 0 Å². The first-order valence-electron chi connectivity index (χ1n) is 9.03. The largest absolute Gasteiger partial charge is 0.495 e. The van der Waals surface area contributed by atoms with Gasteiger partial charge in [-0.2, -0.15) is 0 Å². The highest BCUT2D eigenvalue weighted by Gasteiger charge is 2.25. The third kappa shape index (κ3) is 3.77. The van der Waals surface area contributed by atoms with Crippen molar-refractivity contribution in [3.63, 3.8) is 0 Å².